The summed E-state index contributed by atoms with van der Waals surface area (Å²) in [5.41, 5.74) is 12.1. The predicted octanol–water partition coefficient (Wildman–Crippen LogP) is 10.1. The molecular weight excluding hydrogens is 508 g/mol. The van der Waals surface area contributed by atoms with Crippen LogP contribution in [-0.4, -0.2) is 6.04 Å². The van der Waals surface area contributed by atoms with Crippen LogP contribution in [0.15, 0.2) is 151 Å². The molecule has 0 heterocycles. The van der Waals surface area contributed by atoms with Gasteiger partial charge in [-0.05, 0) is 78.4 Å². The Bertz CT molecular complexity index is 1720. The maximum absolute atomic E-state index is 2.52. The third kappa shape index (κ3) is 4.18. The molecule has 0 spiro atoms. The van der Waals surface area contributed by atoms with Crippen LogP contribution in [0, 0.1) is 0 Å². The first kappa shape index (κ1) is 24.9. The quantitative estimate of drug-likeness (QED) is 0.224. The van der Waals surface area contributed by atoms with E-state index in [1.54, 1.807) is 0 Å². The number of hydrogen-bond donors (Lipinski definition) is 0. The second kappa shape index (κ2) is 10.5. The summed E-state index contributed by atoms with van der Waals surface area (Å²) >= 11 is 0. The fourth-order valence-corrected chi connectivity index (χ4v) is 7.33. The molecule has 0 fully saturated rings. The molecule has 0 saturated heterocycles. The summed E-state index contributed by atoms with van der Waals surface area (Å²) in [6.07, 6.45) is 22.2. The molecule has 4 aromatic carbocycles. The Hall–Kier alpha value is -4.82. The molecule has 2 nitrogen and oxygen atoms in total. The number of anilines is 3. The lowest BCUT2D eigenvalue weighted by Gasteiger charge is -2.44. The Kier molecular flexibility index (Phi) is 6.26. The van der Waals surface area contributed by atoms with Crippen LogP contribution in [0.2, 0.25) is 0 Å². The van der Waals surface area contributed by atoms with Gasteiger partial charge < -0.3 is 9.80 Å². The van der Waals surface area contributed by atoms with Gasteiger partial charge in [0.05, 0.1) is 6.04 Å². The number of benzene rings is 4. The zero-order chi connectivity index (χ0) is 27.9. The van der Waals surface area contributed by atoms with Gasteiger partial charge in [-0.25, -0.2) is 0 Å². The zero-order valence-corrected chi connectivity index (χ0v) is 23.7. The van der Waals surface area contributed by atoms with Gasteiger partial charge in [-0.1, -0.05) is 109 Å². The number of allylic oxidation sites excluding steroid dienone is 6. The lowest BCUT2D eigenvalue weighted by Crippen LogP contribution is -2.38. The molecule has 0 radical (unpaired) electrons. The molecule has 0 amide bonds. The SMILES string of the molecule is C1=CCCC(N(C2=CCC3C=CC4c5c(ccc2c53)C=CC4N(c2ccccc2)c2ccccc2)c2ccccc2)=C1. The minimum atomic E-state index is 0.178. The molecule has 42 heavy (non-hydrogen) atoms. The molecule has 3 atom stereocenters. The van der Waals surface area contributed by atoms with Gasteiger partial charge in [-0.15, -0.1) is 0 Å². The van der Waals surface area contributed by atoms with Crippen molar-refractivity contribution in [1.82, 2.24) is 0 Å². The molecule has 0 aromatic heterocycles. The average molecular weight is 543 g/mol. The van der Waals surface area contributed by atoms with E-state index in [-0.39, 0.29) is 12.0 Å². The minimum Gasteiger partial charge on any atom is -0.334 e. The first-order valence-corrected chi connectivity index (χ1v) is 15.2. The van der Waals surface area contributed by atoms with Gasteiger partial charge >= 0.3 is 0 Å². The van der Waals surface area contributed by atoms with Gasteiger partial charge in [-0.2, -0.15) is 0 Å². The van der Waals surface area contributed by atoms with E-state index in [1.165, 1.54) is 50.7 Å². The molecule has 3 unspecified atom stereocenters. The van der Waals surface area contributed by atoms with E-state index >= 15 is 0 Å². The molecule has 4 aliphatic carbocycles. The van der Waals surface area contributed by atoms with Gasteiger partial charge in [0.1, 0.15) is 0 Å². The highest BCUT2D eigenvalue weighted by atomic mass is 15.2. The average Bonchev–Trinajstić information content (AvgIpc) is 3.07. The third-order valence-corrected chi connectivity index (χ3v) is 9.16. The van der Waals surface area contributed by atoms with Crippen molar-refractivity contribution in [3.63, 3.8) is 0 Å². The smallest absolute Gasteiger partial charge is 0.0629 e. The van der Waals surface area contributed by atoms with Crippen LogP contribution >= 0.6 is 0 Å². The predicted molar refractivity (Wildman–Crippen MR) is 177 cm³/mol. The normalized spacial score (nSPS) is 21.3. The molecule has 0 aliphatic heterocycles. The molecule has 0 N–H and O–H groups in total. The Morgan fingerprint density at radius 1 is 0.643 bits per heavy atom. The summed E-state index contributed by atoms with van der Waals surface area (Å²) < 4.78 is 0. The highest BCUT2D eigenvalue weighted by Gasteiger charge is 2.39. The van der Waals surface area contributed by atoms with E-state index in [1.807, 2.05) is 0 Å². The topological polar surface area (TPSA) is 6.48 Å². The van der Waals surface area contributed by atoms with Crippen LogP contribution < -0.4 is 9.80 Å². The first-order chi connectivity index (χ1) is 20.9. The Morgan fingerprint density at radius 3 is 2.00 bits per heavy atom. The van der Waals surface area contributed by atoms with E-state index in [4.69, 9.17) is 0 Å². The Balaban J connectivity index is 1.27. The van der Waals surface area contributed by atoms with Crippen LogP contribution in [-0.2, 0) is 0 Å². The largest absolute Gasteiger partial charge is 0.334 e. The molecule has 0 saturated carbocycles. The first-order valence-electron chi connectivity index (χ1n) is 15.2. The van der Waals surface area contributed by atoms with Crippen molar-refractivity contribution in [3.8, 4) is 0 Å². The van der Waals surface area contributed by atoms with Crippen LogP contribution in [0.4, 0.5) is 17.1 Å². The monoisotopic (exact) mass is 542 g/mol. The van der Waals surface area contributed by atoms with Crippen molar-refractivity contribution in [3.05, 3.63) is 174 Å². The second-order valence-corrected chi connectivity index (χ2v) is 11.6. The summed E-state index contributed by atoms with van der Waals surface area (Å²) in [6.45, 7) is 0. The lowest BCUT2D eigenvalue weighted by atomic mass is 9.69. The van der Waals surface area contributed by atoms with Gasteiger partial charge in [0.25, 0.3) is 0 Å². The van der Waals surface area contributed by atoms with E-state index in [0.717, 1.165) is 19.3 Å². The molecule has 204 valence electrons. The molecule has 4 aliphatic rings. The van der Waals surface area contributed by atoms with Gasteiger partial charge in [0.2, 0.25) is 0 Å². The molecule has 2 heteroatoms. The molecular formula is C40H34N2. The maximum atomic E-state index is 2.52. The minimum absolute atomic E-state index is 0.178. The van der Waals surface area contributed by atoms with Crippen molar-refractivity contribution in [1.29, 1.82) is 0 Å². The number of rotatable bonds is 6. The van der Waals surface area contributed by atoms with Gasteiger partial charge in [0.15, 0.2) is 0 Å². The van der Waals surface area contributed by atoms with E-state index in [0.29, 0.717) is 5.92 Å². The summed E-state index contributed by atoms with van der Waals surface area (Å²) in [5.74, 6) is 0.667. The molecule has 0 bridgehead atoms. The van der Waals surface area contributed by atoms with Crippen molar-refractivity contribution in [2.24, 2.45) is 0 Å². The van der Waals surface area contributed by atoms with Crippen molar-refractivity contribution in [2.75, 3.05) is 9.80 Å². The molecule has 4 aromatic rings. The van der Waals surface area contributed by atoms with E-state index in [2.05, 4.69) is 162 Å². The Morgan fingerprint density at radius 2 is 1.33 bits per heavy atom. The fraction of sp³-hybridized carbons (Fsp3) is 0.150. The van der Waals surface area contributed by atoms with E-state index < -0.39 is 0 Å². The van der Waals surface area contributed by atoms with Crippen LogP contribution in [0.3, 0.4) is 0 Å². The number of para-hydroxylation sites is 3. The summed E-state index contributed by atoms with van der Waals surface area (Å²) in [5, 5.41) is 0. The van der Waals surface area contributed by atoms with Gasteiger partial charge in [-0.3, -0.25) is 0 Å². The van der Waals surface area contributed by atoms with Crippen LogP contribution in [0.5, 0.6) is 0 Å². The number of hydrogen-bond acceptors (Lipinski definition) is 2. The second-order valence-electron chi connectivity index (χ2n) is 11.6. The standard InChI is InChI=1S/C40H34N2/c1-5-13-31(14-6-1)41(32-15-7-2-8-16-32)37-27-23-29-22-26-36-38(28-24-30-21-25-35(37)39(29)40(30)36)42(33-17-9-3-10-18-33)34-19-11-4-12-20-34/h1-11,13-19,21-23,25-28,30,35,37H,12,20,24H2. The van der Waals surface area contributed by atoms with E-state index in [9.17, 15) is 0 Å². The highest BCUT2D eigenvalue weighted by Crippen LogP contribution is 2.51. The summed E-state index contributed by atoms with van der Waals surface area (Å²) in [6, 6.07) is 37.5. The third-order valence-electron chi connectivity index (χ3n) is 9.16. The van der Waals surface area contributed by atoms with Crippen molar-refractivity contribution < 1.29 is 0 Å². The van der Waals surface area contributed by atoms with Crippen molar-refractivity contribution >= 4 is 28.8 Å². The Labute approximate surface area is 248 Å². The highest BCUT2D eigenvalue weighted by molar-refractivity contribution is 5.88. The fourth-order valence-electron chi connectivity index (χ4n) is 7.33. The van der Waals surface area contributed by atoms with Crippen LogP contribution in [0.1, 0.15) is 53.4 Å². The van der Waals surface area contributed by atoms with Crippen LogP contribution in [0.25, 0.3) is 11.8 Å². The van der Waals surface area contributed by atoms with Gasteiger partial charge in [0, 0.05) is 45.9 Å². The lowest BCUT2D eigenvalue weighted by molar-refractivity contribution is 0.651. The maximum Gasteiger partial charge on any atom is 0.0629 e. The van der Waals surface area contributed by atoms with Crippen molar-refractivity contribution in [2.45, 2.75) is 37.1 Å². The number of nitrogens with zero attached hydrogens (tertiary/aromatic N) is 2. The summed E-state index contributed by atoms with van der Waals surface area (Å²) in [7, 11) is 0. The summed E-state index contributed by atoms with van der Waals surface area (Å²) in [4.78, 5) is 5.03. The molecule has 8 rings (SSSR count). The zero-order valence-electron chi connectivity index (χ0n) is 23.7.